The van der Waals surface area contributed by atoms with Crippen LogP contribution in [-0.2, 0) is 0 Å². The molecule has 0 aliphatic heterocycles. The first-order chi connectivity index (χ1) is 10.1. The van der Waals surface area contributed by atoms with Crippen molar-refractivity contribution in [3.05, 3.63) is 59.3 Å². The van der Waals surface area contributed by atoms with Gasteiger partial charge in [0.05, 0.1) is 22.6 Å². The zero-order valence-corrected chi connectivity index (χ0v) is 12.2. The molecular formula is C16H16N4O. The highest BCUT2D eigenvalue weighted by Crippen LogP contribution is 2.23. The van der Waals surface area contributed by atoms with Crippen LogP contribution in [0.2, 0.25) is 0 Å². The van der Waals surface area contributed by atoms with Crippen molar-refractivity contribution in [2.75, 3.05) is 0 Å². The van der Waals surface area contributed by atoms with Gasteiger partial charge in [-0.2, -0.15) is 5.10 Å². The third kappa shape index (κ3) is 2.07. The van der Waals surface area contributed by atoms with E-state index in [4.69, 9.17) is 0 Å². The predicted molar refractivity (Wildman–Crippen MR) is 80.3 cm³/mol. The fourth-order valence-electron chi connectivity index (χ4n) is 2.36. The van der Waals surface area contributed by atoms with E-state index in [0.717, 1.165) is 29.2 Å². The van der Waals surface area contributed by atoms with Crippen LogP contribution >= 0.6 is 0 Å². The van der Waals surface area contributed by atoms with Crippen molar-refractivity contribution in [1.29, 1.82) is 0 Å². The molecule has 2 heterocycles. The Balaban J connectivity index is 2.32. The lowest BCUT2D eigenvalue weighted by atomic mass is 10.2. The molecule has 5 nitrogen and oxygen atoms in total. The molecule has 0 amide bonds. The van der Waals surface area contributed by atoms with Crippen LogP contribution in [0.25, 0.3) is 11.5 Å². The van der Waals surface area contributed by atoms with Gasteiger partial charge < -0.3 is 0 Å². The molecule has 0 bridgehead atoms. The van der Waals surface area contributed by atoms with Crippen LogP contribution < -0.4 is 0 Å². The zero-order chi connectivity index (χ0) is 15.0. The average Bonchev–Trinajstić information content (AvgIpc) is 3.00. The van der Waals surface area contributed by atoms with Crippen molar-refractivity contribution >= 4 is 6.29 Å². The van der Waals surface area contributed by atoms with Gasteiger partial charge in [0.2, 0.25) is 0 Å². The van der Waals surface area contributed by atoms with Gasteiger partial charge in [-0.3, -0.25) is 9.36 Å². The van der Waals surface area contributed by atoms with E-state index in [2.05, 4.69) is 10.1 Å². The molecule has 0 saturated carbocycles. The average molecular weight is 280 g/mol. The molecule has 0 fully saturated rings. The molecular weight excluding hydrogens is 264 g/mol. The third-order valence-corrected chi connectivity index (χ3v) is 3.68. The van der Waals surface area contributed by atoms with Crippen molar-refractivity contribution in [3.8, 4) is 11.5 Å². The molecule has 106 valence electrons. The quantitative estimate of drug-likeness (QED) is 0.693. The molecule has 0 N–H and O–H groups in total. The summed E-state index contributed by atoms with van der Waals surface area (Å²) < 4.78 is 3.69. The van der Waals surface area contributed by atoms with E-state index in [-0.39, 0.29) is 0 Å². The summed E-state index contributed by atoms with van der Waals surface area (Å²) in [5, 5.41) is 4.52. The Labute approximate surface area is 122 Å². The summed E-state index contributed by atoms with van der Waals surface area (Å²) in [5.74, 6) is 0.729. The molecule has 0 spiro atoms. The largest absolute Gasteiger partial charge is 0.298 e. The van der Waals surface area contributed by atoms with Gasteiger partial charge in [0.1, 0.15) is 6.33 Å². The molecule has 3 aromatic rings. The summed E-state index contributed by atoms with van der Waals surface area (Å²) in [6.45, 7) is 5.77. The van der Waals surface area contributed by atoms with Gasteiger partial charge in [-0.1, -0.05) is 18.2 Å². The van der Waals surface area contributed by atoms with E-state index >= 15 is 0 Å². The third-order valence-electron chi connectivity index (χ3n) is 3.68. The van der Waals surface area contributed by atoms with Crippen molar-refractivity contribution < 1.29 is 4.79 Å². The topological polar surface area (TPSA) is 52.7 Å². The fraction of sp³-hybridized carbons (Fsp3) is 0.188. The lowest BCUT2D eigenvalue weighted by molar-refractivity contribution is 0.112. The van der Waals surface area contributed by atoms with Crippen molar-refractivity contribution in [2.24, 2.45) is 0 Å². The molecule has 0 aliphatic carbocycles. The fourth-order valence-corrected chi connectivity index (χ4v) is 2.36. The van der Waals surface area contributed by atoms with E-state index in [1.165, 1.54) is 0 Å². The number of hydrogen-bond donors (Lipinski definition) is 0. The van der Waals surface area contributed by atoms with E-state index < -0.39 is 0 Å². The molecule has 2 aromatic heterocycles. The molecule has 5 heteroatoms. The number of carbonyl (C=O) groups is 1. The number of rotatable bonds is 3. The summed E-state index contributed by atoms with van der Waals surface area (Å²) in [7, 11) is 0. The van der Waals surface area contributed by atoms with Crippen LogP contribution in [0.15, 0.2) is 36.7 Å². The summed E-state index contributed by atoms with van der Waals surface area (Å²) in [5.41, 5.74) is 4.13. The highest BCUT2D eigenvalue weighted by Gasteiger charge is 2.19. The van der Waals surface area contributed by atoms with Gasteiger partial charge in [0.15, 0.2) is 12.1 Å². The van der Waals surface area contributed by atoms with Crippen molar-refractivity contribution in [1.82, 2.24) is 19.3 Å². The number of aryl methyl sites for hydroxylation is 2. The highest BCUT2D eigenvalue weighted by atomic mass is 16.1. The zero-order valence-electron chi connectivity index (χ0n) is 12.2. The summed E-state index contributed by atoms with van der Waals surface area (Å²) in [4.78, 5) is 15.8. The van der Waals surface area contributed by atoms with Crippen LogP contribution in [0.3, 0.4) is 0 Å². The second kappa shape index (κ2) is 5.01. The van der Waals surface area contributed by atoms with E-state index in [9.17, 15) is 4.79 Å². The molecule has 21 heavy (non-hydrogen) atoms. The number of hydrogen-bond acceptors (Lipinski definition) is 3. The van der Waals surface area contributed by atoms with E-state index in [1.54, 1.807) is 11.0 Å². The Hall–Kier alpha value is -2.69. The minimum absolute atomic E-state index is 0.583. The monoisotopic (exact) mass is 280 g/mol. The first-order valence-electron chi connectivity index (χ1n) is 6.74. The Bertz CT molecular complexity index is 799. The Morgan fingerprint density at radius 2 is 1.76 bits per heavy atom. The first-order valence-corrected chi connectivity index (χ1v) is 6.74. The standard InChI is InChI=1S/C16H16N4O/c1-11-13(3)19(10-17-11)16-15(9-21)12(2)18-20(16)14-7-5-4-6-8-14/h4-10H,1-3H3. The molecule has 3 rings (SSSR count). The molecule has 0 radical (unpaired) electrons. The first kappa shape index (κ1) is 13.3. The van der Waals surface area contributed by atoms with Gasteiger partial charge in [0, 0.05) is 5.69 Å². The van der Waals surface area contributed by atoms with E-state index in [1.807, 2.05) is 55.7 Å². The molecule has 0 aliphatic rings. The second-order valence-corrected chi connectivity index (χ2v) is 4.97. The highest BCUT2D eigenvalue weighted by molar-refractivity contribution is 5.82. The predicted octanol–water partition coefficient (Wildman–Crippen LogP) is 2.80. The van der Waals surface area contributed by atoms with Gasteiger partial charge in [-0.15, -0.1) is 0 Å². The Morgan fingerprint density at radius 1 is 1.05 bits per heavy atom. The van der Waals surface area contributed by atoms with Gasteiger partial charge in [-0.25, -0.2) is 9.67 Å². The summed E-state index contributed by atoms with van der Waals surface area (Å²) in [6.07, 6.45) is 2.58. The van der Waals surface area contributed by atoms with Gasteiger partial charge >= 0.3 is 0 Å². The van der Waals surface area contributed by atoms with Crippen LogP contribution in [-0.4, -0.2) is 25.6 Å². The number of para-hydroxylation sites is 1. The SMILES string of the molecule is Cc1nn(-c2ccccc2)c(-n2cnc(C)c2C)c1C=O. The normalized spacial score (nSPS) is 10.8. The van der Waals surface area contributed by atoms with Gasteiger partial charge in [0.25, 0.3) is 0 Å². The Morgan fingerprint density at radius 3 is 2.33 bits per heavy atom. The number of benzene rings is 1. The number of nitrogens with zero attached hydrogens (tertiary/aromatic N) is 4. The number of carbonyl (C=O) groups excluding carboxylic acids is 1. The maximum atomic E-state index is 11.5. The minimum atomic E-state index is 0.583. The van der Waals surface area contributed by atoms with Crippen molar-refractivity contribution in [2.45, 2.75) is 20.8 Å². The molecule has 0 atom stereocenters. The molecule has 0 saturated heterocycles. The van der Waals surface area contributed by atoms with Crippen LogP contribution in [0.5, 0.6) is 0 Å². The molecule has 0 unspecified atom stereocenters. The number of aldehydes is 1. The summed E-state index contributed by atoms with van der Waals surface area (Å²) in [6, 6.07) is 9.77. The Kier molecular flexibility index (Phi) is 3.17. The molecule has 1 aromatic carbocycles. The van der Waals surface area contributed by atoms with Crippen LogP contribution in [0.4, 0.5) is 0 Å². The lowest BCUT2D eigenvalue weighted by Gasteiger charge is -2.10. The second-order valence-electron chi connectivity index (χ2n) is 4.97. The number of aromatic nitrogens is 4. The summed E-state index contributed by atoms with van der Waals surface area (Å²) >= 11 is 0. The number of imidazole rings is 1. The van der Waals surface area contributed by atoms with Gasteiger partial charge in [-0.05, 0) is 32.9 Å². The smallest absolute Gasteiger partial charge is 0.155 e. The van der Waals surface area contributed by atoms with Crippen LogP contribution in [0, 0.1) is 20.8 Å². The lowest BCUT2D eigenvalue weighted by Crippen LogP contribution is -2.07. The maximum Gasteiger partial charge on any atom is 0.155 e. The van der Waals surface area contributed by atoms with Crippen molar-refractivity contribution in [3.63, 3.8) is 0 Å². The van der Waals surface area contributed by atoms with E-state index in [0.29, 0.717) is 11.3 Å². The minimum Gasteiger partial charge on any atom is -0.298 e. The van der Waals surface area contributed by atoms with Crippen LogP contribution in [0.1, 0.15) is 27.4 Å². The maximum absolute atomic E-state index is 11.5.